The van der Waals surface area contributed by atoms with Crippen molar-refractivity contribution in [2.45, 2.75) is 43.2 Å². The molecular formula is C24H29Cl2N3O3. The molecule has 172 valence electrons. The Hall–Kier alpha value is -2.15. The molecule has 3 atom stereocenters. The number of amides is 2. The number of hydrogen-bond donors (Lipinski definition) is 2. The predicted molar refractivity (Wildman–Crippen MR) is 129 cm³/mol. The number of carbonyl (C=O) groups is 1. The number of nitrogens with zero attached hydrogens (tertiary/aromatic N) is 1. The fourth-order valence-corrected chi connectivity index (χ4v) is 5.78. The van der Waals surface area contributed by atoms with Crippen molar-refractivity contribution in [2.24, 2.45) is 0 Å². The van der Waals surface area contributed by atoms with Gasteiger partial charge in [-0.05, 0) is 75.2 Å². The molecule has 2 N–H and O–H groups in total. The number of fused-ring (bicyclic) bond motifs is 1. The van der Waals surface area contributed by atoms with E-state index in [4.69, 9.17) is 32.7 Å². The number of anilines is 1. The van der Waals surface area contributed by atoms with Crippen LogP contribution in [0.1, 0.15) is 31.2 Å². The first-order valence-corrected chi connectivity index (χ1v) is 11.6. The van der Waals surface area contributed by atoms with Crippen LogP contribution in [0.5, 0.6) is 11.5 Å². The summed E-state index contributed by atoms with van der Waals surface area (Å²) in [6.45, 7) is 1.03. The number of rotatable bonds is 5. The molecular weight excluding hydrogens is 449 g/mol. The number of urea groups is 1. The molecule has 0 radical (unpaired) electrons. The lowest BCUT2D eigenvalue weighted by Crippen LogP contribution is -2.52. The second kappa shape index (κ2) is 9.38. The summed E-state index contributed by atoms with van der Waals surface area (Å²) >= 11 is 12.1. The van der Waals surface area contributed by atoms with E-state index in [2.05, 4.69) is 34.7 Å². The minimum Gasteiger partial charge on any atom is -0.493 e. The van der Waals surface area contributed by atoms with Crippen molar-refractivity contribution in [3.8, 4) is 11.5 Å². The zero-order valence-corrected chi connectivity index (χ0v) is 20.1. The van der Waals surface area contributed by atoms with Crippen molar-refractivity contribution >= 4 is 34.9 Å². The van der Waals surface area contributed by atoms with Crippen molar-refractivity contribution in [2.75, 3.05) is 33.1 Å². The number of likely N-dealkylation sites (N-methyl/N-ethyl adjacent to an activating group) is 1. The molecule has 8 heteroatoms. The highest BCUT2D eigenvalue weighted by atomic mass is 35.5. The van der Waals surface area contributed by atoms with Crippen LogP contribution in [0.4, 0.5) is 10.5 Å². The predicted octanol–water partition coefficient (Wildman–Crippen LogP) is 5.33. The van der Waals surface area contributed by atoms with E-state index >= 15 is 0 Å². The van der Waals surface area contributed by atoms with Gasteiger partial charge in [-0.25, -0.2) is 4.79 Å². The quantitative estimate of drug-likeness (QED) is 0.610. The molecule has 4 rings (SSSR count). The van der Waals surface area contributed by atoms with Gasteiger partial charge in [0.25, 0.3) is 0 Å². The lowest BCUT2D eigenvalue weighted by Gasteiger charge is -2.45. The lowest BCUT2D eigenvalue weighted by molar-refractivity contribution is 0.156. The number of likely N-dealkylation sites (tertiary alicyclic amines) is 1. The molecule has 6 nitrogen and oxygen atoms in total. The normalized spacial score (nSPS) is 25.2. The smallest absolute Gasteiger partial charge is 0.319 e. The Bertz CT molecular complexity index is 1000. The number of ether oxygens (including phenoxy) is 2. The molecule has 2 aromatic rings. The summed E-state index contributed by atoms with van der Waals surface area (Å²) in [4.78, 5) is 15.1. The van der Waals surface area contributed by atoms with Crippen molar-refractivity contribution < 1.29 is 14.3 Å². The van der Waals surface area contributed by atoms with E-state index in [-0.39, 0.29) is 17.5 Å². The molecule has 2 aliphatic rings. The number of methoxy groups -OCH3 is 2. The Morgan fingerprint density at radius 1 is 1.09 bits per heavy atom. The van der Waals surface area contributed by atoms with E-state index in [9.17, 15) is 4.79 Å². The highest BCUT2D eigenvalue weighted by Gasteiger charge is 2.50. The maximum Gasteiger partial charge on any atom is 0.319 e. The molecule has 1 aliphatic heterocycles. The zero-order valence-electron chi connectivity index (χ0n) is 18.6. The van der Waals surface area contributed by atoms with Gasteiger partial charge in [-0.3, -0.25) is 0 Å². The van der Waals surface area contributed by atoms with E-state index in [1.54, 1.807) is 32.4 Å². The highest BCUT2D eigenvalue weighted by Crippen LogP contribution is 2.49. The van der Waals surface area contributed by atoms with Gasteiger partial charge >= 0.3 is 6.03 Å². The second-order valence-electron chi connectivity index (χ2n) is 8.67. The zero-order chi connectivity index (χ0) is 22.9. The molecule has 0 bridgehead atoms. The third-order valence-corrected chi connectivity index (χ3v) is 7.55. The van der Waals surface area contributed by atoms with E-state index in [1.165, 1.54) is 5.56 Å². The summed E-state index contributed by atoms with van der Waals surface area (Å²) in [6, 6.07) is 11.5. The molecule has 32 heavy (non-hydrogen) atoms. The van der Waals surface area contributed by atoms with Crippen LogP contribution in [0.3, 0.4) is 0 Å². The summed E-state index contributed by atoms with van der Waals surface area (Å²) in [5, 5.41) is 6.93. The molecule has 0 spiro atoms. The molecule has 2 fully saturated rings. The first kappa shape index (κ1) is 23.0. The average Bonchev–Trinajstić information content (AvgIpc) is 3.12. The van der Waals surface area contributed by atoms with E-state index in [0.717, 1.165) is 43.7 Å². The van der Waals surface area contributed by atoms with Gasteiger partial charge < -0.3 is 25.0 Å². The van der Waals surface area contributed by atoms with Gasteiger partial charge in [0.15, 0.2) is 11.5 Å². The molecule has 0 unspecified atom stereocenters. The Balaban J connectivity index is 1.48. The van der Waals surface area contributed by atoms with E-state index < -0.39 is 0 Å². The standard InChI is InChI=1S/C24H29Cl2N3O3/c1-29-11-10-24(15-4-7-20(31-2)21(12-15)32-3)9-8-17(14-22(24)29)27-23(30)28-19-6-5-16(25)13-18(19)26/h4-7,12-13,17,22H,8-11,14H2,1-3H3,(H2,27,28,30)/t17-,22+,24+/m1/s1. The average molecular weight is 478 g/mol. The topological polar surface area (TPSA) is 62.8 Å². The minimum atomic E-state index is -0.251. The monoisotopic (exact) mass is 477 g/mol. The summed E-state index contributed by atoms with van der Waals surface area (Å²) in [5.41, 5.74) is 1.87. The van der Waals surface area contributed by atoms with Crippen molar-refractivity contribution in [3.63, 3.8) is 0 Å². The first-order valence-electron chi connectivity index (χ1n) is 10.8. The van der Waals surface area contributed by atoms with Crippen LogP contribution in [0.2, 0.25) is 10.0 Å². The van der Waals surface area contributed by atoms with Crippen LogP contribution in [-0.2, 0) is 5.41 Å². The Labute approximate surface area is 199 Å². The number of benzene rings is 2. The SMILES string of the molecule is COc1ccc([C@@]23CC[C@@H](NC(=O)Nc4ccc(Cl)cc4Cl)C[C@@H]2N(C)CC3)cc1OC. The van der Waals surface area contributed by atoms with Crippen LogP contribution in [-0.4, -0.2) is 50.8 Å². The van der Waals surface area contributed by atoms with Crippen LogP contribution < -0.4 is 20.1 Å². The third kappa shape index (κ3) is 4.36. The van der Waals surface area contributed by atoms with Crippen molar-refractivity contribution in [3.05, 3.63) is 52.0 Å². The van der Waals surface area contributed by atoms with Gasteiger partial charge in [0.05, 0.1) is 24.9 Å². The van der Waals surface area contributed by atoms with Gasteiger partial charge in [0, 0.05) is 22.5 Å². The first-order chi connectivity index (χ1) is 15.4. The minimum absolute atomic E-state index is 0.0441. The van der Waals surface area contributed by atoms with Crippen LogP contribution in [0, 0.1) is 0 Å². The lowest BCUT2D eigenvalue weighted by atomic mass is 9.65. The molecule has 0 aromatic heterocycles. The molecule has 1 aliphatic carbocycles. The van der Waals surface area contributed by atoms with Crippen LogP contribution in [0.25, 0.3) is 0 Å². The molecule has 1 heterocycles. The highest BCUT2D eigenvalue weighted by molar-refractivity contribution is 6.36. The van der Waals surface area contributed by atoms with Gasteiger partial charge in [0.1, 0.15) is 0 Å². The summed E-state index contributed by atoms with van der Waals surface area (Å²) in [7, 11) is 5.49. The van der Waals surface area contributed by atoms with Gasteiger partial charge in [-0.15, -0.1) is 0 Å². The second-order valence-corrected chi connectivity index (χ2v) is 9.51. The third-order valence-electron chi connectivity index (χ3n) is 7.00. The Morgan fingerprint density at radius 3 is 2.59 bits per heavy atom. The summed E-state index contributed by atoms with van der Waals surface area (Å²) in [6.07, 6.45) is 3.86. The summed E-state index contributed by atoms with van der Waals surface area (Å²) < 4.78 is 11.0. The number of hydrogen-bond acceptors (Lipinski definition) is 4. The number of nitrogens with one attached hydrogen (secondary N) is 2. The molecule has 1 saturated carbocycles. The van der Waals surface area contributed by atoms with Gasteiger partial charge in [-0.2, -0.15) is 0 Å². The van der Waals surface area contributed by atoms with Crippen LogP contribution >= 0.6 is 23.2 Å². The fraction of sp³-hybridized carbons (Fsp3) is 0.458. The van der Waals surface area contributed by atoms with Crippen LogP contribution in [0.15, 0.2) is 36.4 Å². The maximum atomic E-state index is 12.6. The van der Waals surface area contributed by atoms with Gasteiger partial charge in [0.2, 0.25) is 0 Å². The van der Waals surface area contributed by atoms with E-state index in [1.807, 2.05) is 6.07 Å². The van der Waals surface area contributed by atoms with Gasteiger partial charge in [-0.1, -0.05) is 29.3 Å². The van der Waals surface area contributed by atoms with E-state index in [0.29, 0.717) is 21.8 Å². The molecule has 2 aromatic carbocycles. The maximum absolute atomic E-state index is 12.6. The van der Waals surface area contributed by atoms with Crippen molar-refractivity contribution in [1.82, 2.24) is 10.2 Å². The summed E-state index contributed by atoms with van der Waals surface area (Å²) in [5.74, 6) is 1.50. The number of carbonyl (C=O) groups excluding carboxylic acids is 1. The number of halogens is 2. The largest absolute Gasteiger partial charge is 0.493 e. The Morgan fingerprint density at radius 2 is 1.88 bits per heavy atom. The Kier molecular flexibility index (Phi) is 6.75. The van der Waals surface area contributed by atoms with Crippen molar-refractivity contribution in [1.29, 1.82) is 0 Å². The molecule has 2 amide bonds. The molecule has 1 saturated heterocycles. The fourth-order valence-electron chi connectivity index (χ4n) is 5.33.